The third kappa shape index (κ3) is 5.00. The molecule has 0 spiro atoms. The number of para-hydroxylation sites is 1. The second-order valence-corrected chi connectivity index (χ2v) is 9.02. The minimum Gasteiger partial charge on any atom is -0.493 e. The predicted molar refractivity (Wildman–Crippen MR) is 107 cm³/mol. The summed E-state index contributed by atoms with van der Waals surface area (Å²) in [4.78, 5) is 12.7. The number of rotatable bonds is 7. The van der Waals surface area contributed by atoms with Gasteiger partial charge in [-0.25, -0.2) is 0 Å². The molecule has 10 heteroatoms. The monoisotopic (exact) mass is 427 g/mol. The van der Waals surface area contributed by atoms with Crippen molar-refractivity contribution < 1.29 is 27.4 Å². The van der Waals surface area contributed by atoms with Gasteiger partial charge >= 0.3 is 0 Å². The fourth-order valence-electron chi connectivity index (χ4n) is 3.73. The molecule has 0 unspecified atom stereocenters. The van der Waals surface area contributed by atoms with Gasteiger partial charge in [-0.3, -0.25) is 4.79 Å². The van der Waals surface area contributed by atoms with Gasteiger partial charge in [-0.15, -0.1) is 0 Å². The molecule has 1 aromatic rings. The van der Waals surface area contributed by atoms with E-state index in [1.54, 1.807) is 20.3 Å². The van der Waals surface area contributed by atoms with E-state index >= 15 is 0 Å². The molecule has 9 nitrogen and oxygen atoms in total. The van der Waals surface area contributed by atoms with Crippen LogP contribution in [0.15, 0.2) is 18.2 Å². The van der Waals surface area contributed by atoms with Crippen molar-refractivity contribution in [1.29, 1.82) is 0 Å². The van der Waals surface area contributed by atoms with Crippen LogP contribution in [0.25, 0.3) is 0 Å². The Balaban J connectivity index is 1.61. The third-order valence-corrected chi connectivity index (χ3v) is 7.32. The molecule has 2 heterocycles. The van der Waals surface area contributed by atoms with E-state index in [0.717, 1.165) is 5.56 Å². The Morgan fingerprint density at radius 3 is 2.62 bits per heavy atom. The Kier molecular flexibility index (Phi) is 7.33. The lowest BCUT2D eigenvalue weighted by atomic mass is 9.98. The first-order chi connectivity index (χ1) is 14.0. The average molecular weight is 428 g/mol. The van der Waals surface area contributed by atoms with E-state index in [9.17, 15) is 13.2 Å². The summed E-state index contributed by atoms with van der Waals surface area (Å²) in [7, 11) is -0.453. The van der Waals surface area contributed by atoms with E-state index in [4.69, 9.17) is 14.2 Å². The fraction of sp³-hybridized carbons (Fsp3) is 0.632. The Morgan fingerprint density at radius 1 is 1.17 bits per heavy atom. The summed E-state index contributed by atoms with van der Waals surface area (Å²) in [5.41, 5.74) is 0.800. The zero-order valence-corrected chi connectivity index (χ0v) is 17.7. The van der Waals surface area contributed by atoms with Crippen LogP contribution in [-0.4, -0.2) is 76.5 Å². The van der Waals surface area contributed by atoms with Gasteiger partial charge in [0.2, 0.25) is 5.91 Å². The summed E-state index contributed by atoms with van der Waals surface area (Å²) in [5, 5.41) is 2.92. The second-order valence-electron chi connectivity index (χ2n) is 7.09. The van der Waals surface area contributed by atoms with Crippen LogP contribution in [0.1, 0.15) is 18.4 Å². The molecule has 1 atom stereocenters. The van der Waals surface area contributed by atoms with Crippen LogP contribution < -0.4 is 14.8 Å². The number of carbonyl (C=O) groups is 1. The van der Waals surface area contributed by atoms with Crippen LogP contribution in [-0.2, 0) is 26.3 Å². The highest BCUT2D eigenvalue weighted by molar-refractivity contribution is 7.86. The molecule has 3 rings (SSSR count). The van der Waals surface area contributed by atoms with Crippen LogP contribution in [0.4, 0.5) is 0 Å². The molecule has 0 aromatic heterocycles. The van der Waals surface area contributed by atoms with Gasteiger partial charge in [-0.1, -0.05) is 12.1 Å². The predicted octanol–water partition coefficient (Wildman–Crippen LogP) is 0.609. The first-order valence-corrected chi connectivity index (χ1v) is 11.2. The van der Waals surface area contributed by atoms with Gasteiger partial charge in [-0.05, 0) is 18.9 Å². The minimum absolute atomic E-state index is 0.156. The number of piperidine rings is 1. The van der Waals surface area contributed by atoms with E-state index in [1.807, 2.05) is 12.1 Å². The van der Waals surface area contributed by atoms with Crippen LogP contribution in [0, 0.1) is 5.92 Å². The molecule has 1 amide bonds. The number of hydrogen-bond acceptors (Lipinski definition) is 6. The maximum Gasteiger partial charge on any atom is 0.282 e. The van der Waals surface area contributed by atoms with Crippen molar-refractivity contribution in [3.63, 3.8) is 0 Å². The number of ether oxygens (including phenoxy) is 3. The molecule has 2 aliphatic heterocycles. The Bertz CT molecular complexity index is 810. The van der Waals surface area contributed by atoms with Crippen LogP contribution in [0.2, 0.25) is 0 Å². The van der Waals surface area contributed by atoms with Crippen molar-refractivity contribution in [3.05, 3.63) is 23.8 Å². The summed E-state index contributed by atoms with van der Waals surface area (Å²) in [6.07, 6.45) is 1.32. The number of amides is 1. The lowest BCUT2D eigenvalue weighted by molar-refractivity contribution is -0.126. The van der Waals surface area contributed by atoms with Gasteiger partial charge < -0.3 is 19.5 Å². The van der Waals surface area contributed by atoms with Crippen molar-refractivity contribution >= 4 is 16.1 Å². The lowest BCUT2D eigenvalue weighted by Gasteiger charge is -2.36. The maximum absolute atomic E-state index is 12.9. The summed E-state index contributed by atoms with van der Waals surface area (Å²) >= 11 is 0. The largest absolute Gasteiger partial charge is 0.493 e. The van der Waals surface area contributed by atoms with Crippen molar-refractivity contribution in [2.45, 2.75) is 19.4 Å². The van der Waals surface area contributed by atoms with Crippen LogP contribution >= 0.6 is 0 Å². The van der Waals surface area contributed by atoms with Gasteiger partial charge in [0.25, 0.3) is 10.2 Å². The molecule has 1 N–H and O–H groups in total. The van der Waals surface area contributed by atoms with Crippen LogP contribution in [0.5, 0.6) is 11.5 Å². The van der Waals surface area contributed by atoms with E-state index in [1.165, 1.54) is 8.61 Å². The highest BCUT2D eigenvalue weighted by Crippen LogP contribution is 2.30. The number of carbonyl (C=O) groups excluding carboxylic acids is 1. The highest BCUT2D eigenvalue weighted by atomic mass is 32.2. The lowest BCUT2D eigenvalue weighted by Crippen LogP contribution is -2.52. The highest BCUT2D eigenvalue weighted by Gasteiger charge is 2.36. The Morgan fingerprint density at radius 2 is 1.93 bits per heavy atom. The molecule has 29 heavy (non-hydrogen) atoms. The molecule has 0 aliphatic carbocycles. The van der Waals surface area contributed by atoms with E-state index in [-0.39, 0.29) is 24.9 Å². The smallest absolute Gasteiger partial charge is 0.282 e. The van der Waals surface area contributed by atoms with Gasteiger partial charge in [0.05, 0.1) is 33.4 Å². The molecule has 0 radical (unpaired) electrons. The first kappa shape index (κ1) is 21.8. The molecular weight excluding hydrogens is 398 g/mol. The number of nitrogens with one attached hydrogen (secondary N) is 1. The Labute approximate surface area is 172 Å². The number of hydrogen-bond donors (Lipinski definition) is 1. The molecule has 2 fully saturated rings. The summed E-state index contributed by atoms with van der Waals surface area (Å²) in [5.74, 6) is 0.642. The van der Waals surface area contributed by atoms with Crippen molar-refractivity contribution in [2.24, 2.45) is 5.92 Å². The van der Waals surface area contributed by atoms with Crippen molar-refractivity contribution in [2.75, 3.05) is 53.6 Å². The van der Waals surface area contributed by atoms with E-state index < -0.39 is 10.2 Å². The third-order valence-electron chi connectivity index (χ3n) is 5.32. The molecule has 1 aromatic carbocycles. The van der Waals surface area contributed by atoms with E-state index in [2.05, 4.69) is 5.32 Å². The number of benzene rings is 1. The number of methoxy groups -OCH3 is 2. The average Bonchev–Trinajstić information content (AvgIpc) is 2.77. The maximum atomic E-state index is 12.9. The summed E-state index contributed by atoms with van der Waals surface area (Å²) in [6.45, 7) is 2.43. The summed E-state index contributed by atoms with van der Waals surface area (Å²) in [6, 6.07) is 5.48. The quantitative estimate of drug-likeness (QED) is 0.685. The van der Waals surface area contributed by atoms with Gasteiger partial charge in [-0.2, -0.15) is 17.0 Å². The standard InChI is InChI=1S/C19H29N3O6S/c1-26-17-7-3-5-15(18(17)27-2)13-20-19(23)16-6-4-8-22(14-16)29(24,25)21-9-11-28-12-10-21/h3,5,7,16H,4,6,8-14H2,1-2H3,(H,20,23)/t16-/m0/s1. The topological polar surface area (TPSA) is 97.4 Å². The number of morpholine rings is 1. The van der Waals surface area contributed by atoms with E-state index in [0.29, 0.717) is 57.2 Å². The number of nitrogens with zero attached hydrogens (tertiary/aromatic N) is 2. The Hall–Kier alpha value is -1.88. The molecule has 0 bridgehead atoms. The molecule has 2 aliphatic rings. The van der Waals surface area contributed by atoms with Crippen molar-refractivity contribution in [3.8, 4) is 11.5 Å². The molecule has 0 saturated carbocycles. The molecular formula is C19H29N3O6S. The minimum atomic E-state index is -3.57. The molecule has 2 saturated heterocycles. The SMILES string of the molecule is COc1cccc(CNC(=O)[C@H]2CCCN(S(=O)(=O)N3CCOCC3)C2)c1OC. The van der Waals surface area contributed by atoms with Crippen LogP contribution in [0.3, 0.4) is 0 Å². The zero-order valence-electron chi connectivity index (χ0n) is 16.9. The zero-order chi connectivity index (χ0) is 20.9. The first-order valence-electron chi connectivity index (χ1n) is 9.78. The fourth-order valence-corrected chi connectivity index (χ4v) is 5.39. The normalized spacial score (nSPS) is 21.5. The second kappa shape index (κ2) is 9.75. The summed E-state index contributed by atoms with van der Waals surface area (Å²) < 4.78 is 44.5. The van der Waals surface area contributed by atoms with Crippen molar-refractivity contribution in [1.82, 2.24) is 13.9 Å². The van der Waals surface area contributed by atoms with Gasteiger partial charge in [0.1, 0.15) is 0 Å². The van der Waals surface area contributed by atoms with Gasteiger partial charge in [0.15, 0.2) is 11.5 Å². The van der Waals surface area contributed by atoms with Gasteiger partial charge in [0, 0.05) is 38.3 Å². The molecule has 162 valence electrons.